The molecule has 1 fully saturated rings. The van der Waals surface area contributed by atoms with Gasteiger partial charge in [-0.15, -0.1) is 0 Å². The maximum atomic E-state index is 11.7. The quantitative estimate of drug-likeness (QED) is 0.531. The van der Waals surface area contributed by atoms with Crippen molar-refractivity contribution in [3.05, 3.63) is 0 Å². The first kappa shape index (κ1) is 15.4. The Morgan fingerprint density at radius 1 is 1.39 bits per heavy atom. The van der Waals surface area contributed by atoms with E-state index in [0.29, 0.717) is 25.1 Å². The molecule has 4 heteroatoms. The number of likely N-dealkylation sites (N-methyl/N-ethyl adjacent to an activating group) is 1. The Balaban J connectivity index is 2.38. The van der Waals surface area contributed by atoms with Crippen LogP contribution in [-0.2, 0) is 9.53 Å². The number of carbonyl (C=O) groups excluding carboxylic acids is 1. The third-order valence-electron chi connectivity index (χ3n) is 3.89. The zero-order valence-electron chi connectivity index (χ0n) is 11.9. The number of ether oxygens (including phenoxy) is 1. The summed E-state index contributed by atoms with van der Waals surface area (Å²) in [7, 11) is 0. The Morgan fingerprint density at radius 2 is 2.17 bits per heavy atom. The zero-order valence-corrected chi connectivity index (χ0v) is 11.9. The van der Waals surface area contributed by atoms with Crippen LogP contribution in [0.3, 0.4) is 0 Å². The average molecular weight is 256 g/mol. The molecule has 106 valence electrons. The molecule has 0 amide bonds. The molecule has 0 spiro atoms. The van der Waals surface area contributed by atoms with E-state index in [4.69, 9.17) is 10.5 Å². The third-order valence-corrected chi connectivity index (χ3v) is 3.89. The molecule has 0 heterocycles. The van der Waals surface area contributed by atoms with Gasteiger partial charge in [-0.05, 0) is 38.3 Å². The molecule has 1 rings (SSSR count). The molecule has 0 bridgehead atoms. The van der Waals surface area contributed by atoms with Crippen molar-refractivity contribution in [2.75, 3.05) is 26.2 Å². The van der Waals surface area contributed by atoms with Crippen molar-refractivity contribution in [1.29, 1.82) is 0 Å². The Morgan fingerprint density at radius 3 is 2.78 bits per heavy atom. The summed E-state index contributed by atoms with van der Waals surface area (Å²) in [6, 6.07) is 0.471. The van der Waals surface area contributed by atoms with Crippen LogP contribution in [0.2, 0.25) is 0 Å². The van der Waals surface area contributed by atoms with Gasteiger partial charge in [-0.25, -0.2) is 0 Å². The molecule has 0 saturated heterocycles. The lowest BCUT2D eigenvalue weighted by molar-refractivity contribution is -0.145. The lowest BCUT2D eigenvalue weighted by Crippen LogP contribution is -2.43. The van der Waals surface area contributed by atoms with Crippen LogP contribution in [0.1, 0.15) is 46.0 Å². The lowest BCUT2D eigenvalue weighted by Gasteiger charge is -2.30. The number of hydrogen-bond acceptors (Lipinski definition) is 4. The van der Waals surface area contributed by atoms with E-state index in [1.165, 1.54) is 12.8 Å². The standard InChI is InChI=1S/C14H28N2O2/c1-3-5-9-18-14(17)11-16(4-2)13-8-6-7-12(13)10-15/h12-13H,3-11,15H2,1-2H3. The van der Waals surface area contributed by atoms with Gasteiger partial charge >= 0.3 is 5.97 Å². The molecule has 4 nitrogen and oxygen atoms in total. The summed E-state index contributed by atoms with van der Waals surface area (Å²) in [5, 5.41) is 0. The van der Waals surface area contributed by atoms with E-state index in [1.54, 1.807) is 0 Å². The van der Waals surface area contributed by atoms with Gasteiger partial charge in [0.05, 0.1) is 13.2 Å². The van der Waals surface area contributed by atoms with E-state index in [0.717, 1.165) is 32.4 Å². The van der Waals surface area contributed by atoms with Crippen LogP contribution in [0.4, 0.5) is 0 Å². The van der Waals surface area contributed by atoms with Crippen LogP contribution in [-0.4, -0.2) is 43.2 Å². The molecule has 0 radical (unpaired) electrons. The molecule has 2 unspecified atom stereocenters. The molecule has 0 aromatic heterocycles. The predicted molar refractivity (Wildman–Crippen MR) is 73.3 cm³/mol. The minimum Gasteiger partial charge on any atom is -0.465 e. The summed E-state index contributed by atoms with van der Waals surface area (Å²) >= 11 is 0. The van der Waals surface area contributed by atoms with Gasteiger partial charge in [-0.1, -0.05) is 26.7 Å². The van der Waals surface area contributed by atoms with Crippen molar-refractivity contribution < 1.29 is 9.53 Å². The Labute approximate surface area is 111 Å². The second-order valence-corrected chi connectivity index (χ2v) is 5.13. The summed E-state index contributed by atoms with van der Waals surface area (Å²) in [5.41, 5.74) is 5.80. The van der Waals surface area contributed by atoms with Crippen molar-refractivity contribution >= 4 is 5.97 Å². The van der Waals surface area contributed by atoms with Crippen molar-refractivity contribution in [2.45, 2.75) is 52.0 Å². The summed E-state index contributed by atoms with van der Waals surface area (Å²) in [6.45, 7) is 6.79. The minimum atomic E-state index is -0.0898. The normalized spacial score (nSPS) is 23.6. The lowest BCUT2D eigenvalue weighted by atomic mass is 10.0. The van der Waals surface area contributed by atoms with Crippen LogP contribution in [0.25, 0.3) is 0 Å². The van der Waals surface area contributed by atoms with E-state index < -0.39 is 0 Å². The van der Waals surface area contributed by atoms with Crippen LogP contribution in [0.5, 0.6) is 0 Å². The molecule has 0 aromatic rings. The van der Waals surface area contributed by atoms with Gasteiger partial charge in [-0.3, -0.25) is 9.69 Å². The molecule has 0 aliphatic heterocycles. The summed E-state index contributed by atoms with van der Waals surface area (Å²) in [4.78, 5) is 14.0. The molecule has 2 atom stereocenters. The van der Waals surface area contributed by atoms with Gasteiger partial charge in [0.1, 0.15) is 0 Å². The smallest absolute Gasteiger partial charge is 0.320 e. The van der Waals surface area contributed by atoms with Gasteiger partial charge in [0, 0.05) is 6.04 Å². The Kier molecular flexibility index (Phi) is 7.28. The van der Waals surface area contributed by atoms with Gasteiger partial charge < -0.3 is 10.5 Å². The molecule has 1 saturated carbocycles. The molecule has 2 N–H and O–H groups in total. The number of rotatable bonds is 8. The highest BCUT2D eigenvalue weighted by molar-refractivity contribution is 5.71. The van der Waals surface area contributed by atoms with Gasteiger partial charge in [0.2, 0.25) is 0 Å². The fourth-order valence-electron chi connectivity index (χ4n) is 2.78. The summed E-state index contributed by atoms with van der Waals surface area (Å²) in [6.07, 6.45) is 5.60. The minimum absolute atomic E-state index is 0.0898. The fourth-order valence-corrected chi connectivity index (χ4v) is 2.78. The van der Waals surface area contributed by atoms with E-state index in [9.17, 15) is 4.79 Å². The van der Waals surface area contributed by atoms with E-state index >= 15 is 0 Å². The number of nitrogens with two attached hydrogens (primary N) is 1. The highest BCUT2D eigenvalue weighted by atomic mass is 16.5. The molecule has 0 aromatic carbocycles. The number of unbranched alkanes of at least 4 members (excludes halogenated alkanes) is 1. The molecular formula is C14H28N2O2. The Hall–Kier alpha value is -0.610. The predicted octanol–water partition coefficient (Wildman–Crippen LogP) is 1.78. The van der Waals surface area contributed by atoms with Crippen LogP contribution in [0.15, 0.2) is 0 Å². The molecular weight excluding hydrogens is 228 g/mol. The second kappa shape index (κ2) is 8.48. The van der Waals surface area contributed by atoms with Crippen LogP contribution >= 0.6 is 0 Å². The van der Waals surface area contributed by atoms with Crippen LogP contribution in [0, 0.1) is 5.92 Å². The SMILES string of the molecule is CCCCOC(=O)CN(CC)C1CCCC1CN. The van der Waals surface area contributed by atoms with Crippen molar-refractivity contribution in [2.24, 2.45) is 11.7 Å². The topological polar surface area (TPSA) is 55.6 Å². The maximum absolute atomic E-state index is 11.7. The molecule has 1 aliphatic rings. The number of hydrogen-bond donors (Lipinski definition) is 1. The zero-order chi connectivity index (χ0) is 13.4. The monoisotopic (exact) mass is 256 g/mol. The average Bonchev–Trinajstić information content (AvgIpc) is 2.84. The van der Waals surface area contributed by atoms with E-state index in [1.807, 2.05) is 0 Å². The Bertz CT molecular complexity index is 246. The molecule has 18 heavy (non-hydrogen) atoms. The van der Waals surface area contributed by atoms with E-state index in [2.05, 4.69) is 18.7 Å². The second-order valence-electron chi connectivity index (χ2n) is 5.13. The van der Waals surface area contributed by atoms with Gasteiger partial charge in [0.25, 0.3) is 0 Å². The molecule has 1 aliphatic carbocycles. The number of nitrogens with zero attached hydrogens (tertiary/aromatic N) is 1. The first-order valence-electron chi connectivity index (χ1n) is 7.32. The maximum Gasteiger partial charge on any atom is 0.320 e. The van der Waals surface area contributed by atoms with Crippen molar-refractivity contribution in [1.82, 2.24) is 4.90 Å². The summed E-state index contributed by atoms with van der Waals surface area (Å²) in [5.74, 6) is 0.460. The van der Waals surface area contributed by atoms with Gasteiger partial charge in [-0.2, -0.15) is 0 Å². The highest BCUT2D eigenvalue weighted by Crippen LogP contribution is 2.29. The summed E-state index contributed by atoms with van der Waals surface area (Å²) < 4.78 is 5.23. The van der Waals surface area contributed by atoms with Crippen LogP contribution < -0.4 is 5.73 Å². The van der Waals surface area contributed by atoms with Gasteiger partial charge in [0.15, 0.2) is 0 Å². The van der Waals surface area contributed by atoms with Crippen molar-refractivity contribution in [3.8, 4) is 0 Å². The first-order valence-corrected chi connectivity index (χ1v) is 7.32. The third kappa shape index (κ3) is 4.58. The number of esters is 1. The van der Waals surface area contributed by atoms with Crippen molar-refractivity contribution in [3.63, 3.8) is 0 Å². The van der Waals surface area contributed by atoms with E-state index in [-0.39, 0.29) is 5.97 Å². The number of carbonyl (C=O) groups is 1. The highest BCUT2D eigenvalue weighted by Gasteiger charge is 2.31. The largest absolute Gasteiger partial charge is 0.465 e. The fraction of sp³-hybridized carbons (Fsp3) is 0.929. The first-order chi connectivity index (χ1) is 8.72.